The highest BCUT2D eigenvalue weighted by molar-refractivity contribution is 14.1. The molecule has 0 radical (unpaired) electrons. The van der Waals surface area contributed by atoms with Crippen molar-refractivity contribution in [3.05, 3.63) is 38.9 Å². The van der Waals surface area contributed by atoms with E-state index in [4.69, 9.17) is 15.7 Å². The van der Waals surface area contributed by atoms with Gasteiger partial charge in [0.25, 0.3) is 0 Å². The molecule has 0 aliphatic rings. The molecule has 6 heteroatoms. The molecule has 19 heavy (non-hydrogen) atoms. The van der Waals surface area contributed by atoms with Crippen molar-refractivity contribution in [1.29, 1.82) is 5.26 Å². The van der Waals surface area contributed by atoms with E-state index in [1.807, 2.05) is 13.8 Å². The zero-order valence-corrected chi connectivity index (χ0v) is 12.6. The van der Waals surface area contributed by atoms with Crippen LogP contribution in [0.1, 0.15) is 17.0 Å². The van der Waals surface area contributed by atoms with Crippen molar-refractivity contribution in [1.82, 2.24) is 9.97 Å². The summed E-state index contributed by atoms with van der Waals surface area (Å²) in [4.78, 5) is 8.47. The van der Waals surface area contributed by atoms with Gasteiger partial charge >= 0.3 is 0 Å². The standard InChI is InChI=1S/C13H11IN4O/c1-7-6-17-8(2)13(18-7)19-12-10(14)3-9(5-15)4-11(12)16/h3-4,6H,16H2,1-2H3. The quantitative estimate of drug-likeness (QED) is 0.653. The molecule has 0 aliphatic carbocycles. The van der Waals surface area contributed by atoms with Crippen LogP contribution in [0.25, 0.3) is 0 Å². The van der Waals surface area contributed by atoms with Gasteiger partial charge in [-0.05, 0) is 48.6 Å². The van der Waals surface area contributed by atoms with E-state index in [0.29, 0.717) is 28.6 Å². The van der Waals surface area contributed by atoms with Crippen LogP contribution in [0.5, 0.6) is 11.6 Å². The lowest BCUT2D eigenvalue weighted by molar-refractivity contribution is 0.453. The first-order chi connectivity index (χ1) is 9.01. The van der Waals surface area contributed by atoms with E-state index >= 15 is 0 Å². The van der Waals surface area contributed by atoms with Crippen molar-refractivity contribution < 1.29 is 4.74 Å². The summed E-state index contributed by atoms with van der Waals surface area (Å²) in [6, 6.07) is 5.34. The smallest absolute Gasteiger partial charge is 0.241 e. The van der Waals surface area contributed by atoms with E-state index in [-0.39, 0.29) is 0 Å². The van der Waals surface area contributed by atoms with Gasteiger partial charge in [0.1, 0.15) is 0 Å². The Kier molecular flexibility index (Phi) is 3.85. The van der Waals surface area contributed by atoms with Gasteiger partial charge in [-0.2, -0.15) is 5.26 Å². The summed E-state index contributed by atoms with van der Waals surface area (Å²) in [5, 5.41) is 8.88. The minimum absolute atomic E-state index is 0.408. The Hall–Kier alpha value is -1.88. The third kappa shape index (κ3) is 2.93. The van der Waals surface area contributed by atoms with E-state index in [9.17, 15) is 0 Å². The maximum atomic E-state index is 8.88. The first-order valence-corrected chi connectivity index (χ1v) is 6.56. The van der Waals surface area contributed by atoms with Crippen molar-refractivity contribution in [3.63, 3.8) is 0 Å². The van der Waals surface area contributed by atoms with Crippen molar-refractivity contribution in [3.8, 4) is 17.7 Å². The van der Waals surface area contributed by atoms with E-state index in [0.717, 1.165) is 9.26 Å². The largest absolute Gasteiger partial charge is 0.434 e. The number of hydrogen-bond donors (Lipinski definition) is 1. The molecule has 2 rings (SSSR count). The highest BCUT2D eigenvalue weighted by atomic mass is 127. The zero-order chi connectivity index (χ0) is 14.0. The maximum Gasteiger partial charge on any atom is 0.241 e. The normalized spacial score (nSPS) is 10.0. The Balaban J connectivity index is 2.44. The number of aromatic nitrogens is 2. The Morgan fingerprint density at radius 2 is 2.11 bits per heavy atom. The molecule has 0 atom stereocenters. The van der Waals surface area contributed by atoms with Gasteiger partial charge in [0.2, 0.25) is 5.88 Å². The van der Waals surface area contributed by atoms with Crippen molar-refractivity contribution in [2.75, 3.05) is 5.73 Å². The van der Waals surface area contributed by atoms with Crippen LogP contribution >= 0.6 is 22.6 Å². The molecular formula is C13H11IN4O. The van der Waals surface area contributed by atoms with E-state index < -0.39 is 0 Å². The van der Waals surface area contributed by atoms with Gasteiger partial charge < -0.3 is 10.5 Å². The fraction of sp³-hybridized carbons (Fsp3) is 0.154. The van der Waals surface area contributed by atoms with Gasteiger partial charge in [-0.3, -0.25) is 4.98 Å². The van der Waals surface area contributed by atoms with E-state index in [1.165, 1.54) is 0 Å². The second-order valence-corrected chi connectivity index (χ2v) is 5.15. The van der Waals surface area contributed by atoms with Crippen LogP contribution in [0.15, 0.2) is 18.3 Å². The topological polar surface area (TPSA) is 84.8 Å². The highest BCUT2D eigenvalue weighted by Crippen LogP contribution is 2.33. The summed E-state index contributed by atoms with van der Waals surface area (Å²) < 4.78 is 6.50. The molecule has 2 N–H and O–H groups in total. The molecule has 1 aromatic heterocycles. The summed E-state index contributed by atoms with van der Waals surface area (Å²) in [6.07, 6.45) is 1.68. The zero-order valence-electron chi connectivity index (χ0n) is 10.4. The van der Waals surface area contributed by atoms with E-state index in [2.05, 4.69) is 38.6 Å². The van der Waals surface area contributed by atoms with Crippen LogP contribution in [-0.2, 0) is 0 Å². The lowest BCUT2D eigenvalue weighted by Gasteiger charge is -2.11. The summed E-state index contributed by atoms with van der Waals surface area (Å²) in [5.41, 5.74) is 8.27. The number of halogens is 1. The van der Waals surface area contributed by atoms with Gasteiger partial charge in [0.15, 0.2) is 5.75 Å². The molecule has 1 heterocycles. The van der Waals surface area contributed by atoms with Gasteiger partial charge in [0.05, 0.1) is 32.3 Å². The third-order valence-electron chi connectivity index (χ3n) is 2.43. The SMILES string of the molecule is Cc1cnc(C)c(Oc2c(N)cc(C#N)cc2I)n1. The molecule has 0 fully saturated rings. The third-order valence-corrected chi connectivity index (χ3v) is 3.23. The lowest BCUT2D eigenvalue weighted by atomic mass is 10.2. The van der Waals surface area contributed by atoms with Crippen LogP contribution in [0, 0.1) is 28.7 Å². The molecule has 0 aliphatic heterocycles. The van der Waals surface area contributed by atoms with Gasteiger partial charge in [0, 0.05) is 6.20 Å². The number of anilines is 1. The van der Waals surface area contributed by atoms with Gasteiger partial charge in [-0.1, -0.05) is 0 Å². The number of nitriles is 1. The minimum Gasteiger partial charge on any atom is -0.434 e. The minimum atomic E-state index is 0.408. The number of benzene rings is 1. The van der Waals surface area contributed by atoms with Crippen molar-refractivity contribution >= 4 is 28.3 Å². The molecule has 1 aromatic carbocycles. The average molecular weight is 366 g/mol. The molecule has 2 aromatic rings. The summed E-state index contributed by atoms with van der Waals surface area (Å²) in [6.45, 7) is 3.65. The lowest BCUT2D eigenvalue weighted by Crippen LogP contribution is -2.00. The Morgan fingerprint density at radius 3 is 2.74 bits per heavy atom. The molecule has 0 unspecified atom stereocenters. The number of nitrogens with zero attached hydrogens (tertiary/aromatic N) is 3. The highest BCUT2D eigenvalue weighted by Gasteiger charge is 2.12. The number of nitrogens with two attached hydrogens (primary N) is 1. The summed E-state index contributed by atoms with van der Waals surface area (Å²) in [7, 11) is 0. The van der Waals surface area contributed by atoms with Crippen LogP contribution < -0.4 is 10.5 Å². The second-order valence-electron chi connectivity index (χ2n) is 3.99. The molecule has 0 amide bonds. The molecular weight excluding hydrogens is 355 g/mol. The Labute approximate surface area is 124 Å². The monoisotopic (exact) mass is 366 g/mol. The predicted octanol–water partition coefficient (Wildman–Crippen LogP) is 2.94. The average Bonchev–Trinajstić information content (AvgIpc) is 2.37. The fourth-order valence-electron chi connectivity index (χ4n) is 1.50. The predicted molar refractivity (Wildman–Crippen MR) is 79.9 cm³/mol. The summed E-state index contributed by atoms with van der Waals surface area (Å²) >= 11 is 2.08. The molecule has 0 bridgehead atoms. The Bertz CT molecular complexity index is 656. The number of rotatable bonds is 2. The molecule has 5 nitrogen and oxygen atoms in total. The second kappa shape index (κ2) is 5.40. The first-order valence-electron chi connectivity index (χ1n) is 5.48. The number of ether oxygens (including phenoxy) is 1. The molecule has 0 saturated heterocycles. The first kappa shape index (κ1) is 13.5. The van der Waals surface area contributed by atoms with Crippen LogP contribution in [0.2, 0.25) is 0 Å². The summed E-state index contributed by atoms with van der Waals surface area (Å²) in [5.74, 6) is 0.928. The molecule has 0 spiro atoms. The van der Waals surface area contributed by atoms with Crippen molar-refractivity contribution in [2.45, 2.75) is 13.8 Å². The van der Waals surface area contributed by atoms with Crippen LogP contribution in [0.4, 0.5) is 5.69 Å². The van der Waals surface area contributed by atoms with Gasteiger partial charge in [-0.25, -0.2) is 4.98 Å². The van der Waals surface area contributed by atoms with Gasteiger partial charge in [-0.15, -0.1) is 0 Å². The number of nitrogen functional groups attached to an aromatic ring is 1. The van der Waals surface area contributed by atoms with Crippen LogP contribution in [0.3, 0.4) is 0 Å². The molecule has 0 saturated carbocycles. The molecule has 96 valence electrons. The van der Waals surface area contributed by atoms with Crippen molar-refractivity contribution in [2.24, 2.45) is 0 Å². The fourth-order valence-corrected chi connectivity index (χ4v) is 2.25. The Morgan fingerprint density at radius 1 is 1.37 bits per heavy atom. The maximum absolute atomic E-state index is 8.88. The van der Waals surface area contributed by atoms with Crippen LogP contribution in [-0.4, -0.2) is 9.97 Å². The number of aryl methyl sites for hydroxylation is 2. The van der Waals surface area contributed by atoms with E-state index in [1.54, 1.807) is 18.3 Å². The number of hydrogen-bond acceptors (Lipinski definition) is 5.